The molecule has 1 unspecified atom stereocenters. The second kappa shape index (κ2) is 8.13. The number of ether oxygens (including phenoxy) is 2. The molecule has 1 heterocycles. The molecule has 0 bridgehead atoms. The van der Waals surface area contributed by atoms with Crippen LogP contribution in [0.25, 0.3) is 0 Å². The van der Waals surface area contributed by atoms with Crippen molar-refractivity contribution in [3.63, 3.8) is 0 Å². The number of amides is 1. The normalized spacial score (nSPS) is 26.6. The average molecular weight is 331 g/mol. The van der Waals surface area contributed by atoms with E-state index in [0.29, 0.717) is 11.8 Å². The minimum Gasteiger partial charge on any atom is -0.480 e. The van der Waals surface area contributed by atoms with Crippen molar-refractivity contribution in [1.29, 1.82) is 0 Å². The van der Waals surface area contributed by atoms with Gasteiger partial charge < -0.3 is 14.8 Å². The molecule has 2 aliphatic carbocycles. The first-order valence-electron chi connectivity index (χ1n) is 8.72. The number of aromatic nitrogens is 2. The summed E-state index contributed by atoms with van der Waals surface area (Å²) in [4.78, 5) is 20.6. The molecule has 1 aromatic heterocycles. The highest BCUT2D eigenvalue weighted by atomic mass is 16.5. The van der Waals surface area contributed by atoms with Crippen LogP contribution in [-0.4, -0.2) is 35.1 Å². The highest BCUT2D eigenvalue weighted by Gasteiger charge is 2.26. The molecular formula is C18H25N3O3. The fourth-order valence-electron chi connectivity index (χ4n) is 3.33. The minimum atomic E-state index is 0.122. The lowest BCUT2D eigenvalue weighted by Gasteiger charge is -2.30. The molecular weight excluding hydrogens is 306 g/mol. The zero-order valence-corrected chi connectivity index (χ0v) is 14.1. The van der Waals surface area contributed by atoms with Crippen molar-refractivity contribution < 1.29 is 14.3 Å². The van der Waals surface area contributed by atoms with E-state index < -0.39 is 0 Å². The van der Waals surface area contributed by atoms with E-state index in [1.807, 2.05) is 0 Å². The van der Waals surface area contributed by atoms with Crippen molar-refractivity contribution in [3.05, 3.63) is 24.5 Å². The van der Waals surface area contributed by atoms with Crippen LogP contribution in [0.3, 0.4) is 0 Å². The van der Waals surface area contributed by atoms with Crippen LogP contribution in [0.5, 0.6) is 11.8 Å². The molecule has 0 aromatic carbocycles. The van der Waals surface area contributed by atoms with E-state index in [1.54, 1.807) is 19.5 Å². The summed E-state index contributed by atoms with van der Waals surface area (Å²) in [7, 11) is 1.56. The maximum absolute atomic E-state index is 12.3. The van der Waals surface area contributed by atoms with Gasteiger partial charge in [0.2, 0.25) is 17.7 Å². The fraction of sp³-hybridized carbons (Fsp3) is 0.611. The molecule has 1 N–H and O–H groups in total. The first-order valence-corrected chi connectivity index (χ1v) is 8.72. The Kier molecular flexibility index (Phi) is 5.67. The molecule has 6 nitrogen and oxygen atoms in total. The first-order chi connectivity index (χ1) is 11.7. The van der Waals surface area contributed by atoms with Crippen LogP contribution in [0.2, 0.25) is 0 Å². The van der Waals surface area contributed by atoms with Crippen molar-refractivity contribution in [2.45, 2.75) is 57.1 Å². The molecule has 3 rings (SSSR count). The molecule has 0 radical (unpaired) electrons. The second-order valence-electron chi connectivity index (χ2n) is 6.48. The number of carbonyl (C=O) groups is 1. The number of nitrogens with one attached hydrogen (secondary N) is 1. The van der Waals surface area contributed by atoms with Gasteiger partial charge in [0.25, 0.3) is 0 Å². The Morgan fingerprint density at radius 2 is 1.92 bits per heavy atom. The molecule has 1 amide bonds. The monoisotopic (exact) mass is 331 g/mol. The summed E-state index contributed by atoms with van der Waals surface area (Å²) in [6, 6.07) is 0.264. The van der Waals surface area contributed by atoms with Gasteiger partial charge in [-0.15, -0.1) is 0 Å². The molecule has 1 atom stereocenters. The molecule has 130 valence electrons. The van der Waals surface area contributed by atoms with E-state index in [4.69, 9.17) is 9.47 Å². The SMILES string of the molecule is COc1cncc(OC2CCC(NC(=O)C3CC=CCC3)CC2)n1. The third-order valence-electron chi connectivity index (χ3n) is 4.75. The van der Waals surface area contributed by atoms with Crippen molar-refractivity contribution in [2.24, 2.45) is 5.92 Å². The van der Waals surface area contributed by atoms with E-state index in [-0.39, 0.29) is 24.0 Å². The summed E-state index contributed by atoms with van der Waals surface area (Å²) in [6.07, 6.45) is 14.1. The third-order valence-corrected chi connectivity index (χ3v) is 4.75. The van der Waals surface area contributed by atoms with E-state index in [2.05, 4.69) is 27.4 Å². The van der Waals surface area contributed by atoms with Gasteiger partial charge in [-0.1, -0.05) is 12.2 Å². The zero-order chi connectivity index (χ0) is 16.8. The lowest BCUT2D eigenvalue weighted by molar-refractivity contribution is -0.126. The van der Waals surface area contributed by atoms with E-state index in [9.17, 15) is 4.79 Å². The molecule has 1 aromatic rings. The number of nitrogens with zero attached hydrogens (tertiary/aromatic N) is 2. The van der Waals surface area contributed by atoms with Crippen LogP contribution >= 0.6 is 0 Å². The first kappa shape index (κ1) is 16.7. The lowest BCUT2D eigenvalue weighted by atomic mass is 9.90. The quantitative estimate of drug-likeness (QED) is 0.840. The Balaban J connectivity index is 1.43. The van der Waals surface area contributed by atoms with Gasteiger partial charge in [0.1, 0.15) is 6.10 Å². The van der Waals surface area contributed by atoms with Gasteiger partial charge in [-0.3, -0.25) is 9.78 Å². The van der Waals surface area contributed by atoms with Crippen LogP contribution in [0.15, 0.2) is 24.5 Å². The number of hydrogen-bond acceptors (Lipinski definition) is 5. The molecule has 2 aliphatic rings. The van der Waals surface area contributed by atoms with Crippen LogP contribution in [0, 0.1) is 5.92 Å². The number of rotatable bonds is 5. The Hall–Kier alpha value is -2.11. The number of hydrogen-bond donors (Lipinski definition) is 1. The predicted octanol–water partition coefficient (Wildman–Crippen LogP) is 2.65. The highest BCUT2D eigenvalue weighted by molar-refractivity contribution is 5.79. The standard InChI is InChI=1S/C18H25N3O3/c1-23-16-11-19-12-17(21-16)24-15-9-7-14(8-10-15)20-18(22)13-5-3-2-4-6-13/h2-3,11-15H,4-10H2,1H3,(H,20,22). The maximum atomic E-state index is 12.3. The van der Waals surface area contributed by atoms with Gasteiger partial charge in [-0.2, -0.15) is 4.98 Å². The predicted molar refractivity (Wildman–Crippen MR) is 89.9 cm³/mol. The van der Waals surface area contributed by atoms with Crippen LogP contribution in [0.4, 0.5) is 0 Å². The summed E-state index contributed by atoms with van der Waals surface area (Å²) < 4.78 is 10.9. The fourth-order valence-corrected chi connectivity index (χ4v) is 3.33. The second-order valence-corrected chi connectivity index (χ2v) is 6.48. The lowest BCUT2D eigenvalue weighted by Crippen LogP contribution is -2.42. The molecule has 1 saturated carbocycles. The molecule has 6 heteroatoms. The Morgan fingerprint density at radius 3 is 2.62 bits per heavy atom. The van der Waals surface area contributed by atoms with Crippen LogP contribution in [-0.2, 0) is 4.79 Å². The summed E-state index contributed by atoms with van der Waals surface area (Å²) in [6.45, 7) is 0. The van der Waals surface area contributed by atoms with Gasteiger partial charge in [0.15, 0.2) is 0 Å². The number of carbonyl (C=O) groups excluding carboxylic acids is 1. The Bertz CT molecular complexity index is 583. The van der Waals surface area contributed by atoms with Gasteiger partial charge in [-0.05, 0) is 44.9 Å². The zero-order valence-electron chi connectivity index (χ0n) is 14.1. The van der Waals surface area contributed by atoms with Crippen molar-refractivity contribution >= 4 is 5.91 Å². The molecule has 0 spiro atoms. The highest BCUT2D eigenvalue weighted by Crippen LogP contribution is 2.25. The summed E-state index contributed by atoms with van der Waals surface area (Å²) in [5, 5.41) is 3.21. The third kappa shape index (κ3) is 4.46. The van der Waals surface area contributed by atoms with Crippen LogP contribution in [0.1, 0.15) is 44.9 Å². The molecule has 0 aliphatic heterocycles. The Labute approximate surface area is 142 Å². The summed E-state index contributed by atoms with van der Waals surface area (Å²) in [5.41, 5.74) is 0. The average Bonchev–Trinajstić information content (AvgIpc) is 2.64. The largest absolute Gasteiger partial charge is 0.480 e. The van der Waals surface area contributed by atoms with Gasteiger partial charge >= 0.3 is 0 Å². The van der Waals surface area contributed by atoms with E-state index in [1.165, 1.54) is 0 Å². The van der Waals surface area contributed by atoms with Gasteiger partial charge in [-0.25, -0.2) is 0 Å². The smallest absolute Gasteiger partial charge is 0.235 e. The van der Waals surface area contributed by atoms with Gasteiger partial charge in [0.05, 0.1) is 19.5 Å². The van der Waals surface area contributed by atoms with E-state index in [0.717, 1.165) is 44.9 Å². The molecule has 24 heavy (non-hydrogen) atoms. The molecule has 0 saturated heterocycles. The van der Waals surface area contributed by atoms with Crippen molar-refractivity contribution in [2.75, 3.05) is 7.11 Å². The topological polar surface area (TPSA) is 73.3 Å². The summed E-state index contributed by atoms with van der Waals surface area (Å²) in [5.74, 6) is 1.31. The van der Waals surface area contributed by atoms with Gasteiger partial charge in [0, 0.05) is 12.0 Å². The summed E-state index contributed by atoms with van der Waals surface area (Å²) >= 11 is 0. The number of allylic oxidation sites excluding steroid dienone is 2. The van der Waals surface area contributed by atoms with Crippen LogP contribution < -0.4 is 14.8 Å². The number of methoxy groups -OCH3 is 1. The maximum Gasteiger partial charge on any atom is 0.235 e. The van der Waals surface area contributed by atoms with Crippen molar-refractivity contribution in [1.82, 2.24) is 15.3 Å². The molecule has 1 fully saturated rings. The van der Waals surface area contributed by atoms with E-state index >= 15 is 0 Å². The Morgan fingerprint density at radius 1 is 1.12 bits per heavy atom. The minimum absolute atomic E-state index is 0.122. The van der Waals surface area contributed by atoms with Crippen molar-refractivity contribution in [3.8, 4) is 11.8 Å².